The Morgan fingerprint density at radius 2 is 2.17 bits per heavy atom. The zero-order valence-electron chi connectivity index (χ0n) is 20.7. The minimum absolute atomic E-state index is 0.0168. The monoisotopic (exact) mass is 616 g/mol. The summed E-state index contributed by atoms with van der Waals surface area (Å²) in [5, 5.41) is 31.5. The number of methoxy groups -OCH3 is 2. The quantitative estimate of drug-likeness (QED) is 0.0849. The number of amides is 1. The molecule has 0 saturated heterocycles. The lowest BCUT2D eigenvalue weighted by atomic mass is 10.0. The van der Waals surface area contributed by atoms with Gasteiger partial charge in [-0.3, -0.25) is 20.3 Å². The Balaban J connectivity index is 2.20. The van der Waals surface area contributed by atoms with E-state index in [1.165, 1.54) is 14.2 Å². The molecule has 1 aliphatic heterocycles. The fourth-order valence-corrected chi connectivity index (χ4v) is 4.91. The van der Waals surface area contributed by atoms with Gasteiger partial charge in [0.15, 0.2) is 6.04 Å². The standard InChI is InChI=1S/C23H33IN6O6/c1-7-24-20(16(3)35-5)26-21(31)19(13-29-22(32)17-10-8-9-11-18(17)28-29)27-25-14-23(4,36-6)12-15(2)30(33)34/h7,9,11,19,25,27,32H,1-3,8,10,12-14H2,4-6H3,(H,26,31)/t19?,23-/m0/s1. The number of allylic oxidation sites excluding steroid dienone is 3. The molecule has 12 nitrogen and oxygen atoms in total. The number of hydrazine groups is 1. The van der Waals surface area contributed by atoms with Crippen molar-refractivity contribution in [3.05, 3.63) is 69.0 Å². The first-order valence-electron chi connectivity index (χ1n) is 11.1. The molecule has 0 fully saturated rings. The number of hydrogen-bond acceptors (Lipinski definition) is 9. The Bertz CT molecular complexity index is 1040. The van der Waals surface area contributed by atoms with Crippen molar-refractivity contribution >= 4 is 36.0 Å². The third-order valence-electron chi connectivity index (χ3n) is 5.63. The Morgan fingerprint density at radius 3 is 2.75 bits per heavy atom. The molecule has 2 unspecified atom stereocenters. The van der Waals surface area contributed by atoms with Gasteiger partial charge in [-0.1, -0.05) is 45.1 Å². The maximum absolute atomic E-state index is 13.3. The molecule has 0 bridgehead atoms. The summed E-state index contributed by atoms with van der Waals surface area (Å²) in [7, 11) is 2.89. The minimum Gasteiger partial charge on any atom is -0.829 e. The summed E-state index contributed by atoms with van der Waals surface area (Å²) in [6.07, 6.45) is 5.13. The van der Waals surface area contributed by atoms with Crippen LogP contribution in [0.25, 0.3) is 0 Å². The summed E-state index contributed by atoms with van der Waals surface area (Å²) in [5.74, 6) is -0.270. The zero-order chi connectivity index (χ0) is 26.9. The molecule has 0 saturated carbocycles. The highest BCUT2D eigenvalue weighted by molar-refractivity contribution is 14.2. The molecular formula is C23H33IN6O6. The second-order valence-corrected chi connectivity index (χ2v) is 10.9. The van der Waals surface area contributed by atoms with E-state index >= 15 is 0 Å². The number of ether oxygens (including phenoxy) is 2. The van der Waals surface area contributed by atoms with Crippen LogP contribution < -0.4 is 26.3 Å². The summed E-state index contributed by atoms with van der Waals surface area (Å²) in [6, 6.07) is -0.911. The highest BCUT2D eigenvalue weighted by atomic mass is 127. The van der Waals surface area contributed by atoms with Crippen LogP contribution in [-0.4, -0.2) is 59.1 Å². The molecule has 2 aliphatic rings. The number of quaternary nitrogens is 1. The molecule has 0 aromatic carbocycles. The van der Waals surface area contributed by atoms with Gasteiger partial charge in [-0.15, -0.1) is 0 Å². The second-order valence-electron chi connectivity index (χ2n) is 8.30. The van der Waals surface area contributed by atoms with E-state index in [2.05, 4.69) is 41.0 Å². The maximum Gasteiger partial charge on any atom is 0.249 e. The summed E-state index contributed by atoms with van der Waals surface area (Å²) in [5.41, 5.74) is 5.99. The van der Waals surface area contributed by atoms with Crippen molar-refractivity contribution in [3.8, 4) is 0 Å². The summed E-state index contributed by atoms with van der Waals surface area (Å²) >= 11 is -0.765. The van der Waals surface area contributed by atoms with Gasteiger partial charge in [0.05, 0.1) is 24.1 Å². The third kappa shape index (κ3) is 7.89. The van der Waals surface area contributed by atoms with Crippen LogP contribution in [0.4, 0.5) is 0 Å². The van der Waals surface area contributed by atoms with E-state index in [-0.39, 0.29) is 36.1 Å². The highest BCUT2D eigenvalue weighted by Crippen LogP contribution is 2.19. The van der Waals surface area contributed by atoms with Gasteiger partial charge >= 0.3 is 0 Å². The van der Waals surface area contributed by atoms with Gasteiger partial charge in [0, 0.05) is 19.2 Å². The van der Waals surface area contributed by atoms with Crippen molar-refractivity contribution in [1.82, 2.24) is 16.2 Å². The number of fused-ring (bicyclic) bond motifs is 1. The molecule has 1 aliphatic carbocycles. The Labute approximate surface area is 220 Å². The highest BCUT2D eigenvalue weighted by Gasteiger charge is 2.33. The van der Waals surface area contributed by atoms with Crippen molar-refractivity contribution in [2.45, 2.75) is 37.8 Å². The van der Waals surface area contributed by atoms with Gasteiger partial charge in [0.1, 0.15) is 27.5 Å². The summed E-state index contributed by atoms with van der Waals surface area (Å²) < 4.78 is 12.9. The molecule has 13 heteroatoms. The molecule has 198 valence electrons. The first-order chi connectivity index (χ1) is 17.0. The van der Waals surface area contributed by atoms with Crippen molar-refractivity contribution in [3.63, 3.8) is 0 Å². The molecular weight excluding hydrogens is 583 g/mol. The largest absolute Gasteiger partial charge is 0.829 e. The Hall–Kier alpha value is -2.72. The van der Waals surface area contributed by atoms with Crippen molar-refractivity contribution in [1.29, 1.82) is 0 Å². The van der Waals surface area contributed by atoms with Gasteiger partial charge in [0.25, 0.3) is 0 Å². The fraction of sp³-hybridized carbons (Fsp3) is 0.435. The molecule has 36 heavy (non-hydrogen) atoms. The topological polar surface area (TPSA) is 155 Å². The smallest absolute Gasteiger partial charge is 0.249 e. The average Bonchev–Trinajstić information content (AvgIpc) is 3.17. The fourth-order valence-electron chi connectivity index (χ4n) is 3.48. The molecule has 0 radical (unpaired) electrons. The van der Waals surface area contributed by atoms with Crippen molar-refractivity contribution in [2.75, 3.05) is 27.3 Å². The van der Waals surface area contributed by atoms with Crippen LogP contribution in [0.2, 0.25) is 0 Å². The maximum atomic E-state index is 13.3. The third-order valence-corrected chi connectivity index (χ3v) is 7.56. The number of hydrogen-bond donors (Lipinski definition) is 4. The molecule has 0 spiro atoms. The lowest BCUT2D eigenvalue weighted by molar-refractivity contribution is -0.914. The number of nitrogens with one attached hydrogen (secondary N) is 4. The second kappa shape index (κ2) is 13.5. The summed E-state index contributed by atoms with van der Waals surface area (Å²) in [4.78, 5) is 23.7. The van der Waals surface area contributed by atoms with E-state index in [1.54, 1.807) is 11.0 Å². The number of halogens is 1. The van der Waals surface area contributed by atoms with E-state index in [0.717, 1.165) is 6.42 Å². The Kier molecular flexibility index (Phi) is 11.1. The van der Waals surface area contributed by atoms with Gasteiger partial charge in [-0.2, -0.15) is 5.01 Å². The van der Waals surface area contributed by atoms with Crippen LogP contribution >= 0.6 is 20.7 Å². The molecule has 4 N–H and O–H groups in total. The van der Waals surface area contributed by atoms with Crippen LogP contribution in [0.1, 0.15) is 26.2 Å². The van der Waals surface area contributed by atoms with E-state index in [9.17, 15) is 20.0 Å². The molecule has 2 rings (SSSR count). The molecule has 0 aromatic rings. The van der Waals surface area contributed by atoms with E-state index in [1.807, 2.05) is 12.2 Å². The van der Waals surface area contributed by atoms with Crippen LogP contribution in [-0.2, 0) is 14.3 Å². The molecule has 1 amide bonds. The van der Waals surface area contributed by atoms with E-state index in [0.29, 0.717) is 27.1 Å². The lowest BCUT2D eigenvalue weighted by Gasteiger charge is -2.29. The number of nitro groups is 1. The number of carbonyl (C=O) groups is 1. The first kappa shape index (κ1) is 29.5. The summed E-state index contributed by atoms with van der Waals surface area (Å²) in [6.45, 7) is 12.8. The van der Waals surface area contributed by atoms with Gasteiger partial charge in [-0.25, -0.2) is 5.43 Å². The van der Waals surface area contributed by atoms with Crippen LogP contribution in [0.5, 0.6) is 0 Å². The first-order valence-corrected chi connectivity index (χ1v) is 13.4. The van der Waals surface area contributed by atoms with Gasteiger partial charge < -0.3 is 19.9 Å². The normalized spacial score (nSPS) is 19.8. The molecule has 1 heterocycles. The van der Waals surface area contributed by atoms with Crippen LogP contribution in [0.3, 0.4) is 0 Å². The predicted octanol–water partition coefficient (Wildman–Crippen LogP) is -0.268. The van der Waals surface area contributed by atoms with Gasteiger partial charge in [0.2, 0.25) is 11.6 Å². The van der Waals surface area contributed by atoms with Crippen LogP contribution in [0, 0.1) is 10.1 Å². The number of carbonyl (C=O) groups excluding carboxylic acids is 1. The molecule has 3 atom stereocenters. The van der Waals surface area contributed by atoms with E-state index < -0.39 is 43.2 Å². The predicted molar refractivity (Wildman–Crippen MR) is 143 cm³/mol. The SMILES string of the molecule is C=CI=C(NC(=O)C(C[NH+]1N=C2C=CCCC2=C1[O-])NNC[C@](C)(CC(=C)[N+](=O)[O-])OC)C(=C)OC. The number of rotatable bonds is 15. The minimum atomic E-state index is -0.972. The molecule has 0 aromatic heterocycles. The van der Waals surface area contributed by atoms with Crippen molar-refractivity contribution < 1.29 is 29.3 Å². The van der Waals surface area contributed by atoms with Crippen molar-refractivity contribution in [2.24, 2.45) is 5.10 Å². The average molecular weight is 616 g/mol. The van der Waals surface area contributed by atoms with Gasteiger partial charge in [-0.05, 0) is 36.5 Å². The lowest BCUT2D eigenvalue weighted by Crippen LogP contribution is -3.08. The van der Waals surface area contributed by atoms with Crippen LogP contribution in [0.15, 0.2) is 64.0 Å². The zero-order valence-corrected chi connectivity index (χ0v) is 22.8. The van der Waals surface area contributed by atoms with E-state index in [4.69, 9.17) is 9.47 Å². The number of nitrogens with zero attached hydrogens (tertiary/aromatic N) is 2. The Morgan fingerprint density at radius 1 is 1.44 bits per heavy atom.